The number of likely N-dealkylation sites (N-methyl/N-ethyl adjacent to an activating group) is 2. The van der Waals surface area contributed by atoms with Crippen molar-refractivity contribution < 1.29 is 14.7 Å². The monoisotopic (exact) mass is 1020 g/mol. The first-order valence-electron chi connectivity index (χ1n) is 26.2. The van der Waals surface area contributed by atoms with Crippen LogP contribution in [-0.2, 0) is 22.7 Å². The number of hydrogen-bond donors (Lipinski definition) is 1. The van der Waals surface area contributed by atoms with E-state index in [0.29, 0.717) is 55.7 Å². The lowest BCUT2D eigenvalue weighted by Gasteiger charge is -2.28. The maximum absolute atomic E-state index is 13.6. The number of anilines is 1. The molecule has 75 heavy (non-hydrogen) atoms. The molecule has 0 spiro atoms. The van der Waals surface area contributed by atoms with Crippen molar-refractivity contribution in [1.29, 1.82) is 0 Å². The maximum atomic E-state index is 13.6. The van der Waals surface area contributed by atoms with Crippen LogP contribution in [0.15, 0.2) is 128 Å². The lowest BCUT2D eigenvalue weighted by molar-refractivity contribution is -0.114. The number of rotatable bonds is 21. The molecule has 17 nitrogen and oxygen atoms in total. The van der Waals surface area contributed by atoms with Crippen LogP contribution in [0.25, 0.3) is 48.7 Å². The number of unbranched alkanes of at least 4 members (excludes halogenated alkanes) is 2. The summed E-state index contributed by atoms with van der Waals surface area (Å²) >= 11 is 0. The van der Waals surface area contributed by atoms with Crippen LogP contribution in [0.4, 0.5) is 5.69 Å². The molecule has 9 rings (SSSR count). The van der Waals surface area contributed by atoms with Crippen molar-refractivity contribution in [3.8, 4) is 0 Å². The molecule has 0 fully saturated rings. The summed E-state index contributed by atoms with van der Waals surface area (Å²) in [6.45, 7) is 12.9. The molecule has 0 saturated heterocycles. The zero-order chi connectivity index (χ0) is 53.7. The van der Waals surface area contributed by atoms with Crippen LogP contribution < -0.4 is 49.4 Å². The first-order valence-corrected chi connectivity index (χ1v) is 26.2. The van der Waals surface area contributed by atoms with Crippen LogP contribution in [0.3, 0.4) is 0 Å². The number of aliphatic hydroxyl groups excluding tert-OH is 1. The smallest absolute Gasteiger partial charge is 0.261 e. The molecule has 388 valence electrons. The van der Waals surface area contributed by atoms with Crippen molar-refractivity contribution >= 4 is 65.9 Å². The Balaban J connectivity index is 0.877. The number of ketones is 2. The fraction of sp³-hybridized carbons (Fsp3) is 0.379. The fourth-order valence-corrected chi connectivity index (χ4v) is 11.1. The topological polar surface area (TPSA) is 217 Å². The van der Waals surface area contributed by atoms with Gasteiger partial charge in [-0.05, 0) is 93.6 Å². The molecule has 0 bridgehead atoms. The van der Waals surface area contributed by atoms with E-state index < -0.39 is 56.0 Å². The van der Waals surface area contributed by atoms with Crippen molar-refractivity contribution in [3.05, 3.63) is 178 Å². The first kappa shape index (κ1) is 51.8. The highest BCUT2D eigenvalue weighted by atomic mass is 16.3. The SMILES string of the molecule is CCCCC(CC)n1c(=O)c2cc3c(=O)n(CCN(CC)C4=CC(=O)/C(=C5\C(=O)C(c6ccc(N(CC)CCn7c(=O)c8cc9c(=O)n(C(CC)CCCC)c(=O)c9cc8c7=O)cc6)=C5O)C=C4)c(=O)c3cc2c1=O. The van der Waals surface area contributed by atoms with Crippen molar-refractivity contribution in [2.75, 3.05) is 31.1 Å². The van der Waals surface area contributed by atoms with Gasteiger partial charge in [-0.3, -0.25) is 66.2 Å². The van der Waals surface area contributed by atoms with Crippen LogP contribution in [-0.4, -0.2) is 66.0 Å². The lowest BCUT2D eigenvalue weighted by Crippen LogP contribution is -2.34. The number of nitrogens with zero attached hydrogens (tertiary/aromatic N) is 6. The summed E-state index contributed by atoms with van der Waals surface area (Å²) in [6, 6.07) is 11.8. The predicted molar refractivity (Wildman–Crippen MR) is 293 cm³/mol. The Bertz CT molecular complexity index is 3910. The van der Waals surface area contributed by atoms with E-state index in [4.69, 9.17) is 0 Å². The number of aromatic nitrogens is 4. The number of hydrogen-bond acceptors (Lipinski definition) is 13. The zero-order valence-corrected chi connectivity index (χ0v) is 43.1. The third-order valence-corrected chi connectivity index (χ3v) is 15.5. The predicted octanol–water partition coefficient (Wildman–Crippen LogP) is 6.14. The van der Waals surface area contributed by atoms with Crippen molar-refractivity contribution in [2.45, 2.75) is 118 Å². The van der Waals surface area contributed by atoms with Gasteiger partial charge < -0.3 is 14.9 Å². The van der Waals surface area contributed by atoms with E-state index in [9.17, 15) is 53.1 Å². The van der Waals surface area contributed by atoms with Crippen LogP contribution in [0.1, 0.15) is 111 Å². The summed E-state index contributed by atoms with van der Waals surface area (Å²) in [6.07, 6.45) is 10.5. The van der Waals surface area contributed by atoms with E-state index in [1.807, 2.05) is 46.4 Å². The van der Waals surface area contributed by atoms with Gasteiger partial charge in [0, 0.05) is 74.4 Å². The number of benzene rings is 3. The standard InChI is InChI=1S/C58H60N6O11/c1-7-13-15-33(9-3)63-55(72)42-28-38-39(29-43(42)56(63)73)52(69)61(51(38)68)25-23-59(11-5)35-19-17-32(18-20-35)47-49(66)48(50(47)67)37-22-21-36(27-46(37)65)60(12-6)24-26-62-53(70)40-30-44-45(31-41(40)54(62)71)58(75)64(57(44)74)34(10-4)16-14-8-2/h17-22,27-31,33-34,66H,7-16,23-26H2,1-6H3/b48-37-. The fourth-order valence-electron chi connectivity index (χ4n) is 11.1. The van der Waals surface area contributed by atoms with Crippen molar-refractivity contribution in [1.82, 2.24) is 23.2 Å². The second kappa shape index (κ2) is 20.7. The molecule has 3 aromatic carbocycles. The number of carbonyl (C=O) groups excluding carboxylic acids is 2. The summed E-state index contributed by atoms with van der Waals surface area (Å²) in [7, 11) is 0. The molecule has 2 aliphatic rings. The minimum atomic E-state index is -0.584. The minimum absolute atomic E-state index is 0.00647. The van der Waals surface area contributed by atoms with Gasteiger partial charge in [0.25, 0.3) is 44.5 Å². The van der Waals surface area contributed by atoms with Gasteiger partial charge in [-0.25, -0.2) is 0 Å². The Morgan fingerprint density at radius 3 is 1.25 bits per heavy atom. The van der Waals surface area contributed by atoms with Gasteiger partial charge in [0.15, 0.2) is 5.78 Å². The number of fused-ring (bicyclic) bond motifs is 4. The Hall–Kier alpha value is -8.08. The Kier molecular flexibility index (Phi) is 14.3. The second-order valence-electron chi connectivity index (χ2n) is 19.6. The van der Waals surface area contributed by atoms with Crippen LogP contribution >= 0.6 is 0 Å². The molecule has 4 heterocycles. The molecular weight excluding hydrogens is 957 g/mol. The molecule has 2 aliphatic carbocycles. The van der Waals surface area contributed by atoms with Gasteiger partial charge in [-0.1, -0.05) is 65.5 Å². The molecule has 0 radical (unpaired) electrons. The molecule has 4 aromatic heterocycles. The quantitative estimate of drug-likeness (QED) is 0.0802. The van der Waals surface area contributed by atoms with Crippen molar-refractivity contribution in [3.63, 3.8) is 0 Å². The minimum Gasteiger partial charge on any atom is -0.506 e. The van der Waals surface area contributed by atoms with E-state index in [1.54, 1.807) is 35.2 Å². The summed E-state index contributed by atoms with van der Waals surface area (Å²) in [4.78, 5) is 139. The average molecular weight is 1020 g/mol. The largest absolute Gasteiger partial charge is 0.506 e. The molecule has 1 N–H and O–H groups in total. The van der Waals surface area contributed by atoms with Gasteiger partial charge in [0.1, 0.15) is 5.76 Å². The molecule has 17 heteroatoms. The highest BCUT2D eigenvalue weighted by Gasteiger charge is 2.39. The summed E-state index contributed by atoms with van der Waals surface area (Å²) in [5.41, 5.74) is -2.58. The summed E-state index contributed by atoms with van der Waals surface area (Å²) < 4.78 is 4.72. The summed E-state index contributed by atoms with van der Waals surface area (Å²) in [5, 5.41) is 12.0. The molecule has 2 atom stereocenters. The Morgan fingerprint density at radius 2 is 0.893 bits per heavy atom. The van der Waals surface area contributed by atoms with Crippen LogP contribution in [0, 0.1) is 0 Å². The Morgan fingerprint density at radius 1 is 0.493 bits per heavy atom. The van der Waals surface area contributed by atoms with Gasteiger partial charge in [-0.15, -0.1) is 0 Å². The zero-order valence-electron chi connectivity index (χ0n) is 43.1. The van der Waals surface area contributed by atoms with Gasteiger partial charge >= 0.3 is 0 Å². The lowest BCUT2D eigenvalue weighted by atomic mass is 9.79. The molecule has 0 amide bonds. The average Bonchev–Trinajstić information content (AvgIpc) is 4.01. The van der Waals surface area contributed by atoms with Crippen LogP contribution in [0.5, 0.6) is 0 Å². The number of aliphatic hydroxyl groups is 1. The molecule has 2 unspecified atom stereocenters. The highest BCUT2D eigenvalue weighted by molar-refractivity contribution is 6.41. The molecule has 7 aromatic rings. The molecular formula is C58H60N6O11. The number of Topliss-reactive ketones (excluding diaryl/α,β-unsaturated/α-hetero) is 1. The van der Waals surface area contributed by atoms with E-state index in [0.717, 1.165) is 34.8 Å². The number of allylic oxidation sites excluding steroid dienone is 6. The third kappa shape index (κ3) is 8.60. The normalized spacial score (nSPS) is 15.8. The van der Waals surface area contributed by atoms with Gasteiger partial charge in [-0.2, -0.15) is 0 Å². The Labute approximate surface area is 429 Å². The number of carbonyl (C=O) groups is 2. The van der Waals surface area contributed by atoms with Gasteiger partial charge in [0.05, 0.1) is 54.2 Å². The highest BCUT2D eigenvalue weighted by Crippen LogP contribution is 2.40. The first-order chi connectivity index (χ1) is 36.0. The molecule has 0 aliphatic heterocycles. The van der Waals surface area contributed by atoms with E-state index in [-0.39, 0.29) is 104 Å². The van der Waals surface area contributed by atoms with E-state index in [2.05, 4.69) is 0 Å². The van der Waals surface area contributed by atoms with Crippen molar-refractivity contribution in [2.24, 2.45) is 0 Å². The summed E-state index contributed by atoms with van der Waals surface area (Å²) in [5.74, 6) is -1.37. The van der Waals surface area contributed by atoms with E-state index in [1.165, 1.54) is 45.6 Å². The van der Waals surface area contributed by atoms with Crippen LogP contribution in [0.2, 0.25) is 0 Å². The molecule has 0 saturated carbocycles. The van der Waals surface area contributed by atoms with E-state index >= 15 is 0 Å². The second-order valence-corrected chi connectivity index (χ2v) is 19.6. The third-order valence-electron chi connectivity index (χ3n) is 15.5. The van der Waals surface area contributed by atoms with Gasteiger partial charge in [0.2, 0.25) is 5.78 Å². The maximum Gasteiger partial charge on any atom is 0.261 e.